The van der Waals surface area contributed by atoms with Gasteiger partial charge in [0.1, 0.15) is 0 Å². The molecule has 2 amide bonds. The molecule has 3 aliphatic rings. The summed E-state index contributed by atoms with van der Waals surface area (Å²) in [5, 5.41) is 0. The number of carbonyl (C=O) groups is 2. The molecule has 1 unspecified atom stereocenters. The molecule has 4 rings (SSSR count). The predicted octanol–water partition coefficient (Wildman–Crippen LogP) is 5.04. The largest absolute Gasteiger partial charge is 0.446 e. The number of carbonyl (C=O) groups excluding carboxylic acids is 2. The molecule has 2 heterocycles. The fraction of sp³-hybridized carbons (Fsp3) is 0.714. The Bertz CT molecular complexity index is 925. The Kier molecular flexibility index (Phi) is 7.77. The van der Waals surface area contributed by atoms with Crippen LogP contribution in [0.4, 0.5) is 16.2 Å². The highest BCUT2D eigenvalue weighted by Crippen LogP contribution is 2.42. The average molecular weight is 486 g/mol. The third kappa shape index (κ3) is 5.67. The van der Waals surface area contributed by atoms with Gasteiger partial charge >= 0.3 is 6.09 Å². The third-order valence-electron chi connectivity index (χ3n) is 7.55. The van der Waals surface area contributed by atoms with E-state index >= 15 is 0 Å². The van der Waals surface area contributed by atoms with Gasteiger partial charge in [-0.1, -0.05) is 26.8 Å². The number of ether oxygens (including phenoxy) is 2. The standard InChI is InChI=1S/C28H43N3O4/c1-7-21(15-29(8-2)16-28(6)17-34-18-28)23-11-12-24-25(13-23)30(27(33)35-19(3)4)14-20(5)31(24)26(32)22-9-10-22/h11-13,19-22H,7-10,14-18H2,1-6H3/t20-,21?/m0/s1. The number of fused-ring (bicyclic) bond motifs is 1. The number of likely N-dealkylation sites (N-methyl/N-ethyl adjacent to an activating group) is 1. The van der Waals surface area contributed by atoms with E-state index in [1.165, 1.54) is 5.56 Å². The number of amides is 2. The van der Waals surface area contributed by atoms with Crippen LogP contribution in [0.2, 0.25) is 0 Å². The van der Waals surface area contributed by atoms with Crippen molar-refractivity contribution in [2.24, 2.45) is 11.3 Å². The van der Waals surface area contributed by atoms with Crippen LogP contribution in [0, 0.1) is 11.3 Å². The molecule has 0 aromatic heterocycles. The van der Waals surface area contributed by atoms with E-state index in [2.05, 4.69) is 43.9 Å². The Hall–Kier alpha value is -2.12. The molecule has 194 valence electrons. The van der Waals surface area contributed by atoms with Crippen molar-refractivity contribution in [3.8, 4) is 0 Å². The molecule has 2 atom stereocenters. The number of anilines is 2. The molecule has 1 aromatic rings. The molecule has 0 radical (unpaired) electrons. The van der Waals surface area contributed by atoms with Gasteiger partial charge in [-0.3, -0.25) is 9.69 Å². The highest BCUT2D eigenvalue weighted by atomic mass is 16.6. The fourth-order valence-electron chi connectivity index (χ4n) is 5.37. The maximum Gasteiger partial charge on any atom is 0.414 e. The summed E-state index contributed by atoms with van der Waals surface area (Å²) in [6.07, 6.45) is 2.38. The molecule has 1 aliphatic carbocycles. The lowest BCUT2D eigenvalue weighted by molar-refractivity contribution is -0.120. The summed E-state index contributed by atoms with van der Waals surface area (Å²) in [7, 11) is 0. The Balaban J connectivity index is 1.63. The number of rotatable bonds is 9. The van der Waals surface area contributed by atoms with Crippen molar-refractivity contribution in [3.05, 3.63) is 23.8 Å². The van der Waals surface area contributed by atoms with Gasteiger partial charge in [0.15, 0.2) is 0 Å². The number of benzene rings is 1. The van der Waals surface area contributed by atoms with Crippen molar-refractivity contribution < 1.29 is 19.1 Å². The van der Waals surface area contributed by atoms with Crippen LogP contribution in [0.25, 0.3) is 0 Å². The molecule has 2 aliphatic heterocycles. The minimum absolute atomic E-state index is 0.0934. The molecular weight excluding hydrogens is 442 g/mol. The zero-order valence-electron chi connectivity index (χ0n) is 22.4. The van der Waals surface area contributed by atoms with E-state index in [0.717, 1.165) is 63.5 Å². The van der Waals surface area contributed by atoms with Crippen molar-refractivity contribution >= 4 is 23.4 Å². The molecule has 0 spiro atoms. The van der Waals surface area contributed by atoms with Gasteiger partial charge < -0.3 is 19.3 Å². The zero-order chi connectivity index (χ0) is 25.3. The topological polar surface area (TPSA) is 62.3 Å². The van der Waals surface area contributed by atoms with E-state index in [1.807, 2.05) is 25.7 Å². The fourth-order valence-corrected chi connectivity index (χ4v) is 5.37. The van der Waals surface area contributed by atoms with Crippen molar-refractivity contribution in [1.29, 1.82) is 0 Å². The van der Waals surface area contributed by atoms with Gasteiger partial charge in [0.05, 0.1) is 36.7 Å². The molecule has 7 heteroatoms. The predicted molar refractivity (Wildman–Crippen MR) is 139 cm³/mol. The second-order valence-electron chi connectivity index (χ2n) is 11.4. The highest BCUT2D eigenvalue weighted by Gasteiger charge is 2.42. The van der Waals surface area contributed by atoms with Crippen LogP contribution in [-0.2, 0) is 14.3 Å². The van der Waals surface area contributed by atoms with Crippen LogP contribution in [-0.4, -0.2) is 68.4 Å². The summed E-state index contributed by atoms with van der Waals surface area (Å²) in [4.78, 5) is 32.5. The van der Waals surface area contributed by atoms with E-state index in [-0.39, 0.29) is 35.5 Å². The molecule has 2 fully saturated rings. The van der Waals surface area contributed by atoms with E-state index < -0.39 is 0 Å². The van der Waals surface area contributed by atoms with Crippen molar-refractivity contribution in [2.45, 2.75) is 78.9 Å². The molecule has 35 heavy (non-hydrogen) atoms. The summed E-state index contributed by atoms with van der Waals surface area (Å²) in [5.74, 6) is 0.640. The Labute approximate surface area is 210 Å². The molecular formula is C28H43N3O4. The molecule has 7 nitrogen and oxygen atoms in total. The lowest BCUT2D eigenvalue weighted by Gasteiger charge is -2.43. The van der Waals surface area contributed by atoms with Gasteiger partial charge in [-0.15, -0.1) is 0 Å². The quantitative estimate of drug-likeness (QED) is 0.491. The van der Waals surface area contributed by atoms with E-state index in [4.69, 9.17) is 9.47 Å². The van der Waals surface area contributed by atoms with Gasteiger partial charge in [-0.05, 0) is 70.2 Å². The number of nitrogens with zero attached hydrogens (tertiary/aromatic N) is 3. The van der Waals surface area contributed by atoms with Crippen LogP contribution >= 0.6 is 0 Å². The van der Waals surface area contributed by atoms with E-state index in [0.29, 0.717) is 12.5 Å². The summed E-state index contributed by atoms with van der Waals surface area (Å²) >= 11 is 0. The first-order chi connectivity index (χ1) is 16.7. The van der Waals surface area contributed by atoms with Crippen LogP contribution in [0.3, 0.4) is 0 Å². The number of hydrogen-bond acceptors (Lipinski definition) is 5. The second kappa shape index (κ2) is 10.5. The third-order valence-corrected chi connectivity index (χ3v) is 7.55. The maximum atomic E-state index is 13.2. The van der Waals surface area contributed by atoms with Crippen LogP contribution in [0.1, 0.15) is 72.3 Å². The van der Waals surface area contributed by atoms with Crippen molar-refractivity contribution in [2.75, 3.05) is 49.2 Å². The Morgan fingerprint density at radius 1 is 1.20 bits per heavy atom. The summed E-state index contributed by atoms with van der Waals surface area (Å²) in [5.41, 5.74) is 3.06. The van der Waals surface area contributed by atoms with Gasteiger partial charge in [-0.25, -0.2) is 4.79 Å². The first-order valence-corrected chi connectivity index (χ1v) is 13.4. The van der Waals surface area contributed by atoms with Crippen LogP contribution in [0.15, 0.2) is 18.2 Å². The second-order valence-corrected chi connectivity index (χ2v) is 11.4. The van der Waals surface area contributed by atoms with Crippen molar-refractivity contribution in [1.82, 2.24) is 4.90 Å². The SMILES string of the molecule is CCC(CN(CC)CC1(C)COC1)c1ccc2c(c1)N(C(=O)OC(C)C)C[C@H](C)N2C(=O)C1CC1. The minimum Gasteiger partial charge on any atom is -0.446 e. The van der Waals surface area contributed by atoms with Crippen LogP contribution < -0.4 is 9.80 Å². The number of hydrogen-bond donors (Lipinski definition) is 0. The highest BCUT2D eigenvalue weighted by molar-refractivity contribution is 6.04. The zero-order valence-corrected chi connectivity index (χ0v) is 22.4. The first-order valence-electron chi connectivity index (χ1n) is 13.4. The van der Waals surface area contributed by atoms with Crippen molar-refractivity contribution in [3.63, 3.8) is 0 Å². The Morgan fingerprint density at radius 2 is 1.91 bits per heavy atom. The Morgan fingerprint density at radius 3 is 2.46 bits per heavy atom. The smallest absolute Gasteiger partial charge is 0.414 e. The molecule has 1 saturated heterocycles. The van der Waals surface area contributed by atoms with Gasteiger partial charge in [0.25, 0.3) is 0 Å². The molecule has 1 aromatic carbocycles. The molecule has 0 bridgehead atoms. The molecule has 0 N–H and O–H groups in total. The van der Waals surface area contributed by atoms with Gasteiger partial charge in [0.2, 0.25) is 5.91 Å². The van der Waals surface area contributed by atoms with E-state index in [1.54, 1.807) is 4.90 Å². The molecule has 1 saturated carbocycles. The monoisotopic (exact) mass is 485 g/mol. The van der Waals surface area contributed by atoms with Gasteiger partial charge in [0, 0.05) is 31.0 Å². The lowest BCUT2D eigenvalue weighted by atomic mass is 9.87. The maximum absolute atomic E-state index is 13.2. The summed E-state index contributed by atoms with van der Waals surface area (Å²) in [6, 6.07) is 6.25. The van der Waals surface area contributed by atoms with Crippen LogP contribution in [0.5, 0.6) is 0 Å². The summed E-state index contributed by atoms with van der Waals surface area (Å²) in [6.45, 7) is 17.6. The minimum atomic E-state index is -0.343. The normalized spacial score (nSPS) is 22.1. The average Bonchev–Trinajstić information content (AvgIpc) is 3.64. The van der Waals surface area contributed by atoms with Gasteiger partial charge in [-0.2, -0.15) is 0 Å². The lowest BCUT2D eigenvalue weighted by Crippen LogP contribution is -2.52. The van der Waals surface area contributed by atoms with E-state index in [9.17, 15) is 9.59 Å². The first kappa shape index (κ1) is 26.0. The summed E-state index contributed by atoms with van der Waals surface area (Å²) < 4.78 is 11.1.